The van der Waals surface area contributed by atoms with Gasteiger partial charge in [0.15, 0.2) is 34.8 Å². The summed E-state index contributed by atoms with van der Waals surface area (Å²) in [4.78, 5) is 64.4. The number of likely N-dealkylation sites (tertiary alicyclic amines) is 1. The summed E-state index contributed by atoms with van der Waals surface area (Å²) < 4.78 is 16.4. The Bertz CT molecular complexity index is 4640. The number of aryl methyl sites for hydroxylation is 4. The van der Waals surface area contributed by atoms with E-state index >= 15 is 0 Å². The summed E-state index contributed by atoms with van der Waals surface area (Å²) in [6, 6.07) is 68.0. The van der Waals surface area contributed by atoms with Crippen LogP contribution in [0.1, 0.15) is 42.3 Å². The van der Waals surface area contributed by atoms with E-state index in [9.17, 15) is 9.59 Å². The largest absolute Gasteiger partial charge is 0.493 e. The van der Waals surface area contributed by atoms with Crippen LogP contribution in [0, 0.1) is 13.8 Å². The second-order valence-electron chi connectivity index (χ2n) is 23.4. The number of methoxy groups -OCH3 is 2. The fraction of sp³-hybridized carbons (Fsp3) is 0.205. The van der Waals surface area contributed by atoms with Crippen LogP contribution in [0.25, 0.3) is 89.2 Å². The molecule has 484 valence electrons. The van der Waals surface area contributed by atoms with Crippen molar-refractivity contribution in [2.75, 3.05) is 70.0 Å². The van der Waals surface area contributed by atoms with Gasteiger partial charge in [0.2, 0.25) is 0 Å². The maximum absolute atomic E-state index is 11.2. The molecule has 0 amide bonds. The Morgan fingerprint density at radius 1 is 0.531 bits per heavy atom. The lowest BCUT2D eigenvalue weighted by molar-refractivity contribution is -0.135. The molecule has 13 aromatic rings. The summed E-state index contributed by atoms with van der Waals surface area (Å²) in [5, 5.41) is 18.7. The van der Waals surface area contributed by atoms with Gasteiger partial charge >= 0.3 is 5.97 Å². The van der Waals surface area contributed by atoms with Gasteiger partial charge in [0, 0.05) is 63.3 Å². The second-order valence-corrected chi connectivity index (χ2v) is 23.4. The fourth-order valence-electron chi connectivity index (χ4n) is 11.4. The van der Waals surface area contributed by atoms with Crippen molar-refractivity contribution in [1.29, 1.82) is 0 Å². The molecule has 1 aliphatic heterocycles. The van der Waals surface area contributed by atoms with Gasteiger partial charge in [-0.3, -0.25) is 9.59 Å². The Morgan fingerprint density at radius 3 is 1.53 bits per heavy atom. The third-order valence-electron chi connectivity index (χ3n) is 16.4. The van der Waals surface area contributed by atoms with Gasteiger partial charge in [-0.05, 0) is 132 Å². The predicted octanol–water partition coefficient (Wildman–Crippen LogP) is 15.2. The molecule has 1 aliphatic rings. The van der Waals surface area contributed by atoms with E-state index in [0.29, 0.717) is 40.9 Å². The highest BCUT2D eigenvalue weighted by Crippen LogP contribution is 2.37. The number of nitrogens with one attached hydrogen (secondary N) is 2. The number of furan rings is 1. The monoisotopic (exact) mass is 1280 g/mol. The Hall–Kier alpha value is -11.5. The summed E-state index contributed by atoms with van der Waals surface area (Å²) in [6.45, 7) is 8.00. The van der Waals surface area contributed by atoms with Crippen LogP contribution < -0.4 is 25.0 Å². The van der Waals surface area contributed by atoms with Crippen molar-refractivity contribution in [2.45, 2.75) is 52.5 Å². The second kappa shape index (κ2) is 31.4. The number of carbonyl (C=O) groups excluding carboxylic acids is 1. The Morgan fingerprint density at radius 2 is 1.01 bits per heavy atom. The molecule has 1 fully saturated rings. The lowest BCUT2D eigenvalue weighted by atomic mass is 10.0. The quantitative estimate of drug-likeness (QED) is 0.0771. The summed E-state index contributed by atoms with van der Waals surface area (Å²) in [6.07, 6.45) is 5.61. The van der Waals surface area contributed by atoms with Crippen LogP contribution in [0.5, 0.6) is 11.5 Å². The van der Waals surface area contributed by atoms with Crippen molar-refractivity contribution < 1.29 is 28.6 Å². The highest BCUT2D eigenvalue weighted by atomic mass is 16.5. The maximum Gasteiger partial charge on any atom is 0.322 e. The zero-order valence-electron chi connectivity index (χ0n) is 54.9. The van der Waals surface area contributed by atoms with Crippen molar-refractivity contribution >= 4 is 72.8 Å². The molecule has 96 heavy (non-hydrogen) atoms. The zero-order valence-corrected chi connectivity index (χ0v) is 54.9. The number of rotatable bonds is 17. The van der Waals surface area contributed by atoms with E-state index in [1.165, 1.54) is 18.4 Å². The van der Waals surface area contributed by atoms with E-state index in [1.807, 2.05) is 165 Å². The first kappa shape index (κ1) is 66.0. The van der Waals surface area contributed by atoms with Crippen LogP contribution in [0.15, 0.2) is 217 Å². The van der Waals surface area contributed by atoms with Gasteiger partial charge in [-0.1, -0.05) is 145 Å². The first-order chi connectivity index (χ1) is 46.8. The smallest absolute Gasteiger partial charge is 0.322 e. The average Bonchev–Trinajstić information content (AvgIpc) is 0.971. The first-order valence-electron chi connectivity index (χ1n) is 31.9. The predicted molar refractivity (Wildman–Crippen MR) is 383 cm³/mol. The average molecular weight is 1280 g/mol. The summed E-state index contributed by atoms with van der Waals surface area (Å²) in [5.41, 5.74) is 10.6. The molecular formula is C78H76N12O6. The van der Waals surface area contributed by atoms with E-state index in [1.54, 1.807) is 27.4 Å². The Labute approximate surface area is 558 Å². The molecular weight excluding hydrogens is 1200 g/mol. The van der Waals surface area contributed by atoms with E-state index in [0.717, 1.165) is 126 Å². The number of fused-ring (bicyclic) bond motifs is 4. The number of Topliss-reactive ketones (excluding diaryl/α,β-unsaturated/α-hetero) is 1. The number of hydrogen-bond donors (Lipinski definition) is 3. The minimum absolute atomic E-state index is 0.0685. The zero-order chi connectivity index (χ0) is 66.9. The van der Waals surface area contributed by atoms with E-state index in [-0.39, 0.29) is 18.9 Å². The lowest BCUT2D eigenvalue weighted by Crippen LogP contribution is -2.42. The number of ketones is 1. The van der Waals surface area contributed by atoms with Gasteiger partial charge in [-0.2, -0.15) is 0 Å². The number of carboxylic acid groups (broad SMARTS) is 1. The number of hydrogen-bond acceptors (Lipinski definition) is 17. The molecule has 18 nitrogen and oxygen atoms in total. The molecule has 8 aromatic carbocycles. The third-order valence-corrected chi connectivity index (χ3v) is 16.4. The van der Waals surface area contributed by atoms with Crippen molar-refractivity contribution in [2.24, 2.45) is 0 Å². The number of carboxylic acids is 1. The number of ether oxygens (including phenoxy) is 2. The maximum atomic E-state index is 11.2. The van der Waals surface area contributed by atoms with Crippen molar-refractivity contribution in [1.82, 2.24) is 44.8 Å². The van der Waals surface area contributed by atoms with Crippen molar-refractivity contribution in [3.63, 3.8) is 0 Å². The molecule has 0 spiro atoms. The number of aromatic nitrogens is 8. The van der Waals surface area contributed by atoms with Crippen LogP contribution >= 0.6 is 0 Å². The van der Waals surface area contributed by atoms with E-state index in [2.05, 4.69) is 110 Å². The van der Waals surface area contributed by atoms with Gasteiger partial charge in [0.25, 0.3) is 0 Å². The van der Waals surface area contributed by atoms with E-state index < -0.39 is 5.97 Å². The lowest BCUT2D eigenvalue weighted by Gasteiger charge is -2.36. The number of anilines is 3. The number of benzene rings is 8. The number of piperidine rings is 1. The molecule has 0 atom stereocenters. The number of nitrogens with zero attached hydrogens (tertiary/aromatic N) is 10. The van der Waals surface area contributed by atoms with Gasteiger partial charge in [-0.25, -0.2) is 39.9 Å². The van der Waals surface area contributed by atoms with Gasteiger partial charge in [0.1, 0.15) is 35.5 Å². The number of carbonyl (C=O) groups is 2. The Balaban J connectivity index is 0.000000131. The fourth-order valence-corrected chi connectivity index (χ4v) is 11.4. The minimum Gasteiger partial charge on any atom is -0.493 e. The van der Waals surface area contributed by atoms with Crippen LogP contribution in [-0.4, -0.2) is 122 Å². The molecule has 0 unspecified atom stereocenters. The summed E-state index contributed by atoms with van der Waals surface area (Å²) in [7, 11) is 7.66. The number of aliphatic carboxylic acids is 1. The molecule has 18 heteroatoms. The molecule has 6 heterocycles. The minimum atomic E-state index is -0.932. The van der Waals surface area contributed by atoms with Gasteiger partial charge in [0.05, 0.1) is 54.8 Å². The first-order valence-corrected chi connectivity index (χ1v) is 31.9. The normalized spacial score (nSPS) is 12.2. The molecule has 14 rings (SSSR count). The SMILES string of the molecule is CC(=O)CNc1nc(-c2ccccc2)nc2ccccc12.COc1cc(-c2nc(CCc3ccco3)c3ccccc3n2)cc(C)c1OC.Cc1ccc(-c2nc(N(C)C3CCN(C)CC3)c3ccccc3n2)cc1.O=C(O)CNc1nc(-c2ccccc2)nc2ccccc12. The van der Waals surface area contributed by atoms with Crippen LogP contribution in [0.3, 0.4) is 0 Å². The molecule has 0 bridgehead atoms. The summed E-state index contributed by atoms with van der Waals surface area (Å²) in [5.74, 6) is 6.45. The number of para-hydroxylation sites is 4. The summed E-state index contributed by atoms with van der Waals surface area (Å²) >= 11 is 0. The van der Waals surface area contributed by atoms with Gasteiger partial charge < -0.3 is 39.4 Å². The van der Waals surface area contributed by atoms with Gasteiger partial charge in [-0.15, -0.1) is 0 Å². The highest BCUT2D eigenvalue weighted by molar-refractivity contribution is 5.94. The standard InChI is InChI=1S/C23H22N2O3.C22H26N4.C17H15N3O.C16H13N3O2/c1-15-13-16(14-21(26-2)22(15)27-3)23-24-19-9-5-4-8-18(19)20(25-23)11-10-17-7-6-12-28-17;1-16-8-10-17(11-9-16)21-23-20-7-5-4-6-19(20)22(24-21)26(3)18-12-14-25(2)15-13-18;1-12(21)11-18-17-14-9-5-6-10-15(14)19-16(20-17)13-7-3-2-4-8-13;20-14(21)10-17-16-12-8-4-5-9-13(12)18-15(19-16)11-6-2-1-3-7-11/h4-9,12-14H,10-11H2,1-3H3;4-11,18H,12-15H2,1-3H3;2-10H,11H2,1H3,(H,18,19,20);1-9H,10H2,(H,20,21)(H,17,18,19). The highest BCUT2D eigenvalue weighted by Gasteiger charge is 2.24. The third kappa shape index (κ3) is 16.5. The molecule has 3 N–H and O–H groups in total. The molecule has 0 aliphatic carbocycles. The van der Waals surface area contributed by atoms with Crippen LogP contribution in [0.4, 0.5) is 17.5 Å². The van der Waals surface area contributed by atoms with Crippen molar-refractivity contribution in [3.8, 4) is 57.1 Å². The molecule has 5 aromatic heterocycles. The van der Waals surface area contributed by atoms with Crippen molar-refractivity contribution in [3.05, 3.63) is 235 Å². The van der Waals surface area contributed by atoms with Crippen LogP contribution in [0.2, 0.25) is 0 Å². The van der Waals surface area contributed by atoms with Crippen LogP contribution in [-0.2, 0) is 22.4 Å². The molecule has 0 radical (unpaired) electrons. The molecule has 1 saturated heterocycles. The van der Waals surface area contributed by atoms with E-state index in [4.69, 9.17) is 38.9 Å². The Kier molecular flexibility index (Phi) is 21.6. The molecule has 0 saturated carbocycles. The topological polar surface area (TPSA) is 220 Å².